The summed E-state index contributed by atoms with van der Waals surface area (Å²) in [6.45, 7) is 7.59. The van der Waals surface area contributed by atoms with E-state index in [-0.39, 0.29) is 5.41 Å². The molecule has 2 saturated heterocycles. The molecule has 180 valence electrons. The Hall–Kier alpha value is -0.120. The summed E-state index contributed by atoms with van der Waals surface area (Å²) in [6, 6.07) is 8.60. The lowest BCUT2D eigenvalue weighted by Crippen LogP contribution is -2.19. The van der Waals surface area contributed by atoms with Gasteiger partial charge in [-0.25, -0.2) is 0 Å². The first-order valence-electron chi connectivity index (χ1n) is 11.2. The van der Waals surface area contributed by atoms with E-state index in [2.05, 4.69) is 102 Å². The summed E-state index contributed by atoms with van der Waals surface area (Å²) in [6.07, 6.45) is 4.97. The fourth-order valence-electron chi connectivity index (χ4n) is 3.72. The monoisotopic (exact) mass is 708 g/mol. The van der Waals surface area contributed by atoms with Crippen molar-refractivity contribution in [1.82, 2.24) is 0 Å². The second kappa shape index (κ2) is 11.3. The topological polar surface area (TPSA) is 43.5 Å². The van der Waals surface area contributed by atoms with E-state index in [0.29, 0.717) is 25.4 Å². The Morgan fingerprint density at radius 3 is 1.36 bits per heavy atom. The molecule has 0 amide bonds. The quantitative estimate of drug-likeness (QED) is 0.165. The van der Waals surface area contributed by atoms with E-state index in [1.165, 1.54) is 11.1 Å². The minimum absolute atomic E-state index is 0.236. The van der Waals surface area contributed by atoms with E-state index < -0.39 is 0 Å². The van der Waals surface area contributed by atoms with E-state index in [4.69, 9.17) is 18.9 Å². The van der Waals surface area contributed by atoms with Crippen LogP contribution in [-0.4, -0.2) is 38.6 Å². The highest BCUT2D eigenvalue weighted by molar-refractivity contribution is 9.11. The fourth-order valence-corrected chi connectivity index (χ4v) is 6.55. The summed E-state index contributed by atoms with van der Waals surface area (Å²) >= 11 is 14.9. The molecule has 4 nitrogen and oxygen atoms in total. The van der Waals surface area contributed by atoms with Crippen LogP contribution in [0.1, 0.15) is 50.7 Å². The number of rotatable bonds is 12. The first kappa shape index (κ1) is 26.0. The van der Waals surface area contributed by atoms with E-state index >= 15 is 0 Å². The Morgan fingerprint density at radius 2 is 1.06 bits per heavy atom. The lowest BCUT2D eigenvalue weighted by atomic mass is 9.78. The van der Waals surface area contributed by atoms with Crippen molar-refractivity contribution in [3.05, 3.63) is 53.3 Å². The molecule has 33 heavy (non-hydrogen) atoms. The molecule has 0 radical (unpaired) electrons. The number of ether oxygens (including phenoxy) is 4. The summed E-state index contributed by atoms with van der Waals surface area (Å²) in [5, 5.41) is 0. The van der Waals surface area contributed by atoms with Gasteiger partial charge in [-0.05, 0) is 125 Å². The highest BCUT2D eigenvalue weighted by Gasteiger charge is 2.28. The van der Waals surface area contributed by atoms with Crippen molar-refractivity contribution >= 4 is 63.7 Å². The van der Waals surface area contributed by atoms with Crippen molar-refractivity contribution in [1.29, 1.82) is 0 Å². The minimum Gasteiger partial charge on any atom is -0.491 e. The van der Waals surface area contributed by atoms with E-state index in [1.807, 2.05) is 0 Å². The van der Waals surface area contributed by atoms with Gasteiger partial charge in [0, 0.05) is 5.41 Å². The van der Waals surface area contributed by atoms with Gasteiger partial charge in [-0.3, -0.25) is 0 Å². The molecular formula is C25H28Br4O4. The normalized spacial score (nSPS) is 19.5. The van der Waals surface area contributed by atoms with Gasteiger partial charge in [0.25, 0.3) is 0 Å². The molecule has 0 N–H and O–H groups in total. The van der Waals surface area contributed by atoms with Gasteiger partial charge in [0.15, 0.2) is 0 Å². The molecule has 0 aromatic heterocycles. The number of hydrogen-bond donors (Lipinski definition) is 0. The van der Waals surface area contributed by atoms with Crippen LogP contribution in [-0.2, 0) is 14.9 Å². The van der Waals surface area contributed by atoms with Crippen LogP contribution in [0.4, 0.5) is 0 Å². The zero-order chi connectivity index (χ0) is 23.6. The van der Waals surface area contributed by atoms with Crippen molar-refractivity contribution < 1.29 is 18.9 Å². The Balaban J connectivity index is 1.45. The average molecular weight is 712 g/mol. The largest absolute Gasteiger partial charge is 0.491 e. The zero-order valence-electron chi connectivity index (χ0n) is 18.8. The van der Waals surface area contributed by atoms with Gasteiger partial charge in [-0.1, -0.05) is 13.8 Å². The van der Waals surface area contributed by atoms with Gasteiger partial charge in [0.1, 0.15) is 11.5 Å². The molecular weight excluding hydrogens is 684 g/mol. The number of benzene rings is 2. The Labute approximate surface area is 229 Å². The number of hydrogen-bond acceptors (Lipinski definition) is 4. The average Bonchev–Trinajstić information content (AvgIpc) is 3.66. The van der Waals surface area contributed by atoms with Gasteiger partial charge in [0.2, 0.25) is 0 Å². The highest BCUT2D eigenvalue weighted by atomic mass is 79.9. The van der Waals surface area contributed by atoms with Crippen LogP contribution in [0.25, 0.3) is 0 Å². The van der Waals surface area contributed by atoms with E-state index in [1.54, 1.807) is 0 Å². The maximum Gasteiger partial charge on any atom is 0.147 e. The van der Waals surface area contributed by atoms with Crippen molar-refractivity contribution in [3.8, 4) is 11.5 Å². The molecule has 2 atom stereocenters. The van der Waals surface area contributed by atoms with Crippen molar-refractivity contribution in [3.63, 3.8) is 0 Å². The number of halogens is 4. The Morgan fingerprint density at radius 1 is 0.727 bits per heavy atom. The fraction of sp³-hybridized carbons (Fsp3) is 0.520. The van der Waals surface area contributed by atoms with Gasteiger partial charge in [-0.15, -0.1) is 0 Å². The number of epoxide rings is 2. The Kier molecular flexibility index (Phi) is 8.88. The third-order valence-electron chi connectivity index (χ3n) is 6.08. The molecule has 2 heterocycles. The molecule has 0 bridgehead atoms. The third-order valence-corrected chi connectivity index (χ3v) is 8.43. The molecule has 0 spiro atoms. The van der Waals surface area contributed by atoms with E-state index in [0.717, 1.165) is 68.3 Å². The molecule has 2 aromatic carbocycles. The van der Waals surface area contributed by atoms with Crippen LogP contribution in [0.3, 0.4) is 0 Å². The van der Waals surface area contributed by atoms with Crippen LogP contribution >= 0.6 is 63.7 Å². The SMILES string of the molecule is CC(C)(c1cc(Br)c(OCCCC2CO2)c(Br)c1)c1cc(Br)c(OCCCC2CO2)c(Br)c1. The molecule has 2 fully saturated rings. The first-order chi connectivity index (χ1) is 15.8. The molecule has 2 aromatic rings. The van der Waals surface area contributed by atoms with Gasteiger partial charge in [0.05, 0.1) is 56.5 Å². The van der Waals surface area contributed by atoms with Crippen LogP contribution in [0.5, 0.6) is 11.5 Å². The predicted molar refractivity (Wildman–Crippen MR) is 145 cm³/mol. The lowest BCUT2D eigenvalue weighted by Gasteiger charge is -2.28. The minimum atomic E-state index is -0.236. The van der Waals surface area contributed by atoms with Crippen LogP contribution in [0, 0.1) is 0 Å². The van der Waals surface area contributed by atoms with Crippen molar-refractivity contribution in [2.75, 3.05) is 26.4 Å². The van der Waals surface area contributed by atoms with Gasteiger partial charge >= 0.3 is 0 Å². The molecule has 0 saturated carbocycles. The Bertz CT molecular complexity index is 863. The summed E-state index contributed by atoms with van der Waals surface area (Å²) in [7, 11) is 0. The molecule has 8 heteroatoms. The van der Waals surface area contributed by atoms with Crippen LogP contribution < -0.4 is 9.47 Å². The summed E-state index contributed by atoms with van der Waals surface area (Å²) < 4.78 is 26.4. The smallest absolute Gasteiger partial charge is 0.147 e. The van der Waals surface area contributed by atoms with Gasteiger partial charge < -0.3 is 18.9 Å². The van der Waals surface area contributed by atoms with Crippen molar-refractivity contribution in [2.45, 2.75) is 57.2 Å². The standard InChI is InChI=1S/C25H28Br4O4/c1-25(2,15-9-19(26)23(20(27)10-15)30-7-3-5-17-13-32-17)16-11-21(28)24(22(29)12-16)31-8-4-6-18-14-33-18/h9-12,17-18H,3-8,13-14H2,1-2H3. The van der Waals surface area contributed by atoms with Crippen LogP contribution in [0.2, 0.25) is 0 Å². The summed E-state index contributed by atoms with van der Waals surface area (Å²) in [4.78, 5) is 0. The van der Waals surface area contributed by atoms with Crippen molar-refractivity contribution in [2.24, 2.45) is 0 Å². The van der Waals surface area contributed by atoms with Gasteiger partial charge in [-0.2, -0.15) is 0 Å². The summed E-state index contributed by atoms with van der Waals surface area (Å²) in [5.41, 5.74) is 2.12. The molecule has 0 aliphatic carbocycles. The lowest BCUT2D eigenvalue weighted by molar-refractivity contribution is 0.290. The highest BCUT2D eigenvalue weighted by Crippen LogP contribution is 2.44. The van der Waals surface area contributed by atoms with E-state index in [9.17, 15) is 0 Å². The first-order valence-corrected chi connectivity index (χ1v) is 14.4. The maximum atomic E-state index is 6.05. The molecule has 4 rings (SSSR count). The maximum absolute atomic E-state index is 6.05. The molecule has 2 aliphatic rings. The zero-order valence-corrected chi connectivity index (χ0v) is 25.1. The third kappa shape index (κ3) is 6.98. The second-order valence-corrected chi connectivity index (χ2v) is 12.5. The second-order valence-electron chi connectivity index (χ2n) is 9.06. The molecule has 2 unspecified atom stereocenters. The van der Waals surface area contributed by atoms with Crippen LogP contribution in [0.15, 0.2) is 42.2 Å². The predicted octanol–water partition coefficient (Wildman–Crippen LogP) is 8.18. The molecule has 2 aliphatic heterocycles. The summed E-state index contributed by atoms with van der Waals surface area (Å²) in [5.74, 6) is 1.68.